The Hall–Kier alpha value is -4.18. The van der Waals surface area contributed by atoms with Crippen molar-refractivity contribution in [3.8, 4) is 0 Å². The molecule has 198 valence electrons. The van der Waals surface area contributed by atoms with Crippen molar-refractivity contribution in [2.45, 2.75) is 38.7 Å². The molecule has 1 atom stereocenters. The summed E-state index contributed by atoms with van der Waals surface area (Å²) in [6.45, 7) is 9.71. The number of aliphatic hydroxyl groups excluding tert-OH is 1. The summed E-state index contributed by atoms with van der Waals surface area (Å²) in [6.07, 6.45) is 6.06. The molecule has 1 aliphatic rings. The number of aromatic nitrogens is 3. The molecule has 1 aromatic carbocycles. The van der Waals surface area contributed by atoms with Crippen molar-refractivity contribution in [1.82, 2.24) is 25.2 Å². The average Bonchev–Trinajstić information content (AvgIpc) is 2.96. The lowest BCUT2D eigenvalue weighted by Crippen LogP contribution is -2.39. The molecule has 0 aliphatic carbocycles. The van der Waals surface area contributed by atoms with E-state index in [0.717, 1.165) is 27.7 Å². The van der Waals surface area contributed by atoms with Gasteiger partial charge in [0.15, 0.2) is 0 Å². The van der Waals surface area contributed by atoms with Crippen LogP contribution in [0.25, 0.3) is 16.5 Å². The average molecular weight is 515 g/mol. The molecule has 0 radical (unpaired) electrons. The number of benzene rings is 1. The summed E-state index contributed by atoms with van der Waals surface area (Å²) >= 11 is 0. The number of aliphatic imine (C=N–C) groups is 2. The maximum atomic E-state index is 12.3. The number of pyridine rings is 1. The van der Waals surface area contributed by atoms with Gasteiger partial charge in [-0.2, -0.15) is 0 Å². The summed E-state index contributed by atoms with van der Waals surface area (Å²) < 4.78 is 0. The zero-order valence-electron chi connectivity index (χ0n) is 22.1. The molecule has 1 amide bonds. The molecule has 3 N–H and O–H groups in total. The fraction of sp³-hybridized carbons (Fsp3) is 0.357. The molecule has 1 fully saturated rings. The first-order chi connectivity index (χ1) is 18.4. The minimum Gasteiger partial charge on any atom is -0.393 e. The molecule has 0 saturated carbocycles. The fourth-order valence-electron chi connectivity index (χ4n) is 4.48. The lowest BCUT2D eigenvalue weighted by Gasteiger charge is -2.29. The highest BCUT2D eigenvalue weighted by molar-refractivity contribution is 6.06. The maximum Gasteiger partial charge on any atom is 0.251 e. The molecule has 10 nitrogen and oxygen atoms in total. The van der Waals surface area contributed by atoms with E-state index >= 15 is 0 Å². The molecule has 2 aromatic heterocycles. The second-order valence-electron chi connectivity index (χ2n) is 9.37. The molecule has 0 spiro atoms. The van der Waals surface area contributed by atoms with Crippen LogP contribution >= 0.6 is 0 Å². The number of aliphatic hydroxyl groups is 1. The van der Waals surface area contributed by atoms with Crippen LogP contribution in [-0.2, 0) is 0 Å². The summed E-state index contributed by atoms with van der Waals surface area (Å²) in [5.41, 5.74) is 4.09. The summed E-state index contributed by atoms with van der Waals surface area (Å²) in [7, 11) is 1.63. The Balaban J connectivity index is 1.46. The Kier molecular flexibility index (Phi) is 8.75. The third kappa shape index (κ3) is 6.20. The summed E-state index contributed by atoms with van der Waals surface area (Å²) in [5.74, 6) is 1.22. The van der Waals surface area contributed by atoms with Gasteiger partial charge in [-0.1, -0.05) is 25.1 Å². The number of nitrogens with one attached hydrogen (secondary N) is 2. The van der Waals surface area contributed by atoms with Gasteiger partial charge in [0.05, 0.1) is 22.9 Å². The number of hydrogen-bond donors (Lipinski definition) is 3. The van der Waals surface area contributed by atoms with E-state index in [1.807, 2.05) is 36.1 Å². The molecule has 0 bridgehead atoms. The number of carbonyl (C=O) groups is 1. The molecule has 4 rings (SSSR count). The minimum atomic E-state index is -0.263. The standard InChI is InChI=1S/C28H34N8O2/c1-18(21-6-5-7-22-23(27(38)29-3)8-11-31-26(21)22)15-32-25-14-24(34-17-35-25)19(2)16-33-28(30-4)36-12-9-20(37)10-13-36/h5-8,11,14,16-18,20,37H,4,9-10,12-13,15H2,1-3H3,(H,29,38)(H,32,34,35)/b19-16+,33-28?/t18-/m1/s1. The van der Waals surface area contributed by atoms with Gasteiger partial charge in [-0.3, -0.25) is 9.78 Å². The minimum absolute atomic E-state index is 0.107. The van der Waals surface area contributed by atoms with E-state index < -0.39 is 0 Å². The van der Waals surface area contributed by atoms with Gasteiger partial charge in [-0.05, 0) is 43.7 Å². The van der Waals surface area contributed by atoms with Gasteiger partial charge in [0.25, 0.3) is 5.91 Å². The Morgan fingerprint density at radius 2 is 2.05 bits per heavy atom. The van der Waals surface area contributed by atoms with E-state index in [-0.39, 0.29) is 17.9 Å². The first-order valence-electron chi connectivity index (χ1n) is 12.7. The van der Waals surface area contributed by atoms with E-state index in [4.69, 9.17) is 0 Å². The van der Waals surface area contributed by atoms with Crippen molar-refractivity contribution in [3.63, 3.8) is 0 Å². The number of anilines is 1. The molecule has 3 heterocycles. The van der Waals surface area contributed by atoms with Gasteiger partial charge in [0.1, 0.15) is 12.1 Å². The van der Waals surface area contributed by atoms with Crippen molar-refractivity contribution in [1.29, 1.82) is 0 Å². The van der Waals surface area contributed by atoms with Crippen LogP contribution in [0.1, 0.15) is 54.2 Å². The van der Waals surface area contributed by atoms with Crippen molar-refractivity contribution in [3.05, 3.63) is 65.9 Å². The van der Waals surface area contributed by atoms with Gasteiger partial charge in [-0.15, -0.1) is 0 Å². The van der Waals surface area contributed by atoms with Crippen LogP contribution in [0.5, 0.6) is 0 Å². The highest BCUT2D eigenvalue weighted by atomic mass is 16.3. The Morgan fingerprint density at radius 1 is 1.26 bits per heavy atom. The largest absolute Gasteiger partial charge is 0.393 e. The third-order valence-electron chi connectivity index (χ3n) is 6.73. The Morgan fingerprint density at radius 3 is 2.79 bits per heavy atom. The highest BCUT2D eigenvalue weighted by Gasteiger charge is 2.19. The van der Waals surface area contributed by atoms with Crippen molar-refractivity contribution >= 4 is 40.9 Å². The number of amides is 1. The molecule has 3 aromatic rings. The normalized spacial score (nSPS) is 15.8. The van der Waals surface area contributed by atoms with Crippen LogP contribution < -0.4 is 10.6 Å². The van der Waals surface area contributed by atoms with Gasteiger partial charge in [0, 0.05) is 56.4 Å². The number of allylic oxidation sites excluding steroid dienone is 1. The van der Waals surface area contributed by atoms with Gasteiger partial charge < -0.3 is 20.6 Å². The summed E-state index contributed by atoms with van der Waals surface area (Å²) in [5, 5.41) is 16.7. The van der Waals surface area contributed by atoms with E-state index in [2.05, 4.69) is 49.2 Å². The number of guanidine groups is 1. The second kappa shape index (κ2) is 12.4. The third-order valence-corrected chi connectivity index (χ3v) is 6.73. The Bertz CT molecular complexity index is 1360. The maximum absolute atomic E-state index is 12.3. The van der Waals surface area contributed by atoms with E-state index in [1.54, 1.807) is 25.5 Å². The zero-order valence-corrected chi connectivity index (χ0v) is 22.1. The van der Waals surface area contributed by atoms with Crippen LogP contribution in [0.15, 0.2) is 59.0 Å². The SMILES string of the molecule is C=NC(=N/C=C(\C)c1cc(NC[C@@H](C)c2cccc3c(C(=O)NC)ccnc23)ncn1)N1CCC(O)CC1. The zero-order chi connectivity index (χ0) is 27.1. The quantitative estimate of drug-likeness (QED) is 0.325. The van der Waals surface area contributed by atoms with Crippen molar-refractivity contribution in [2.24, 2.45) is 9.98 Å². The number of para-hydroxylation sites is 1. The molecular weight excluding hydrogens is 480 g/mol. The number of likely N-dealkylation sites (tertiary alicyclic amines) is 1. The molecular formula is C28H34N8O2. The summed E-state index contributed by atoms with van der Waals surface area (Å²) in [6, 6.07) is 9.54. The molecule has 10 heteroatoms. The highest BCUT2D eigenvalue weighted by Crippen LogP contribution is 2.26. The number of piperidine rings is 1. The van der Waals surface area contributed by atoms with Crippen molar-refractivity contribution in [2.75, 3.05) is 32.0 Å². The Labute approximate surface area is 222 Å². The topological polar surface area (TPSA) is 128 Å². The molecule has 38 heavy (non-hydrogen) atoms. The lowest BCUT2D eigenvalue weighted by molar-refractivity contribution is 0.0964. The monoisotopic (exact) mass is 514 g/mol. The smallest absolute Gasteiger partial charge is 0.251 e. The van der Waals surface area contributed by atoms with Crippen LogP contribution in [0, 0.1) is 0 Å². The van der Waals surface area contributed by atoms with Crippen LogP contribution in [-0.4, -0.2) is 76.3 Å². The van der Waals surface area contributed by atoms with Gasteiger partial charge >= 0.3 is 0 Å². The number of rotatable bonds is 7. The van der Waals surface area contributed by atoms with Gasteiger partial charge in [-0.25, -0.2) is 20.0 Å². The van der Waals surface area contributed by atoms with Gasteiger partial charge in [0.2, 0.25) is 5.96 Å². The molecule has 1 saturated heterocycles. The van der Waals surface area contributed by atoms with Crippen LogP contribution in [0.2, 0.25) is 0 Å². The predicted octanol–water partition coefficient (Wildman–Crippen LogP) is 3.47. The first kappa shape index (κ1) is 26.9. The van der Waals surface area contributed by atoms with Crippen LogP contribution in [0.3, 0.4) is 0 Å². The van der Waals surface area contributed by atoms with E-state index in [9.17, 15) is 9.90 Å². The molecule has 0 unspecified atom stereocenters. The number of nitrogens with zero attached hydrogens (tertiary/aromatic N) is 6. The van der Waals surface area contributed by atoms with Crippen molar-refractivity contribution < 1.29 is 9.90 Å². The van der Waals surface area contributed by atoms with E-state index in [1.165, 1.54) is 6.33 Å². The molecule has 1 aliphatic heterocycles. The fourth-order valence-corrected chi connectivity index (χ4v) is 4.48. The van der Waals surface area contributed by atoms with E-state index in [0.29, 0.717) is 49.8 Å². The number of hydrogen-bond acceptors (Lipinski definition) is 7. The lowest BCUT2D eigenvalue weighted by atomic mass is 9.96. The first-order valence-corrected chi connectivity index (χ1v) is 12.7. The summed E-state index contributed by atoms with van der Waals surface area (Å²) in [4.78, 5) is 36.3. The predicted molar refractivity (Wildman–Crippen MR) is 152 cm³/mol. The van der Waals surface area contributed by atoms with Crippen LogP contribution in [0.4, 0.5) is 5.82 Å². The second-order valence-corrected chi connectivity index (χ2v) is 9.37. The number of carbonyl (C=O) groups excluding carboxylic acids is 1. The number of fused-ring (bicyclic) bond motifs is 1.